The maximum atomic E-state index is 8.48. The van der Waals surface area contributed by atoms with Crippen molar-refractivity contribution in [1.82, 2.24) is 0 Å². The van der Waals surface area contributed by atoms with Crippen LogP contribution in [0.3, 0.4) is 0 Å². The Labute approximate surface area is 117 Å². The van der Waals surface area contributed by atoms with E-state index in [1.54, 1.807) is 0 Å². The molecule has 116 valence electrons. The van der Waals surface area contributed by atoms with E-state index in [0.717, 1.165) is 6.61 Å². The summed E-state index contributed by atoms with van der Waals surface area (Å²) in [5.41, 5.74) is 0. The zero-order chi connectivity index (χ0) is 14.2. The van der Waals surface area contributed by atoms with Crippen molar-refractivity contribution in [2.45, 2.75) is 26.7 Å². The monoisotopic (exact) mass is 278 g/mol. The van der Waals surface area contributed by atoms with Crippen LogP contribution in [0.4, 0.5) is 0 Å². The molecule has 0 aliphatic carbocycles. The minimum absolute atomic E-state index is 0.0555. The predicted octanol–water partition coefficient (Wildman–Crippen LogP) is 1.48. The van der Waals surface area contributed by atoms with Gasteiger partial charge in [-0.1, -0.05) is 20.3 Å². The van der Waals surface area contributed by atoms with E-state index >= 15 is 0 Å². The fraction of sp³-hybridized carbons (Fsp3) is 1.00. The van der Waals surface area contributed by atoms with Gasteiger partial charge in [-0.3, -0.25) is 0 Å². The fourth-order valence-electron chi connectivity index (χ4n) is 1.58. The van der Waals surface area contributed by atoms with E-state index in [-0.39, 0.29) is 6.61 Å². The first kappa shape index (κ1) is 18.8. The molecule has 0 aromatic heterocycles. The molecule has 5 nitrogen and oxygen atoms in total. The standard InChI is InChI=1S/C14H30O5/c1-3-4-14(2)13-19-12-11-18-10-9-17-8-7-16-6-5-15/h14-15H,3-13H2,1-2H3. The molecule has 19 heavy (non-hydrogen) atoms. The van der Waals surface area contributed by atoms with Crippen molar-refractivity contribution < 1.29 is 24.1 Å². The third-order valence-electron chi connectivity index (χ3n) is 2.54. The van der Waals surface area contributed by atoms with Crippen LogP contribution in [-0.2, 0) is 18.9 Å². The Bertz CT molecular complexity index is 166. The lowest BCUT2D eigenvalue weighted by molar-refractivity contribution is -0.00862. The first-order valence-corrected chi connectivity index (χ1v) is 7.23. The maximum Gasteiger partial charge on any atom is 0.0701 e. The van der Waals surface area contributed by atoms with Crippen LogP contribution in [0.1, 0.15) is 26.7 Å². The molecule has 0 saturated heterocycles. The van der Waals surface area contributed by atoms with Crippen LogP contribution in [0.5, 0.6) is 0 Å². The van der Waals surface area contributed by atoms with E-state index in [1.165, 1.54) is 12.8 Å². The predicted molar refractivity (Wildman–Crippen MR) is 74.4 cm³/mol. The van der Waals surface area contributed by atoms with E-state index in [0.29, 0.717) is 52.2 Å². The van der Waals surface area contributed by atoms with E-state index in [2.05, 4.69) is 13.8 Å². The van der Waals surface area contributed by atoms with Gasteiger partial charge in [0.25, 0.3) is 0 Å². The first-order valence-electron chi connectivity index (χ1n) is 7.23. The van der Waals surface area contributed by atoms with Gasteiger partial charge in [0, 0.05) is 6.61 Å². The average Bonchev–Trinajstić information content (AvgIpc) is 2.40. The molecule has 0 aliphatic heterocycles. The molecule has 0 spiro atoms. The minimum Gasteiger partial charge on any atom is -0.394 e. The second-order valence-electron chi connectivity index (χ2n) is 4.53. The van der Waals surface area contributed by atoms with E-state index in [9.17, 15) is 0 Å². The molecule has 0 radical (unpaired) electrons. The van der Waals surface area contributed by atoms with Crippen LogP contribution in [0.25, 0.3) is 0 Å². The molecule has 0 fully saturated rings. The Morgan fingerprint density at radius 1 is 0.789 bits per heavy atom. The summed E-state index contributed by atoms with van der Waals surface area (Å²) in [7, 11) is 0. The summed E-state index contributed by atoms with van der Waals surface area (Å²) in [6.45, 7) is 9.09. The van der Waals surface area contributed by atoms with Gasteiger partial charge in [0.2, 0.25) is 0 Å². The quantitative estimate of drug-likeness (QED) is 0.460. The Morgan fingerprint density at radius 3 is 1.74 bits per heavy atom. The number of aliphatic hydroxyl groups excluding tert-OH is 1. The van der Waals surface area contributed by atoms with Crippen molar-refractivity contribution in [3.63, 3.8) is 0 Å². The lowest BCUT2D eigenvalue weighted by atomic mass is 10.1. The van der Waals surface area contributed by atoms with Gasteiger partial charge in [-0.25, -0.2) is 0 Å². The first-order chi connectivity index (χ1) is 9.31. The molecule has 1 atom stereocenters. The number of ether oxygens (including phenoxy) is 4. The lowest BCUT2D eigenvalue weighted by Gasteiger charge is -2.11. The number of hydrogen-bond donors (Lipinski definition) is 1. The van der Waals surface area contributed by atoms with Crippen LogP contribution in [0.2, 0.25) is 0 Å². The molecule has 0 amide bonds. The molecule has 0 aromatic rings. The van der Waals surface area contributed by atoms with Crippen LogP contribution in [0, 0.1) is 5.92 Å². The highest BCUT2D eigenvalue weighted by Crippen LogP contribution is 2.04. The lowest BCUT2D eigenvalue weighted by Crippen LogP contribution is -2.14. The summed E-state index contributed by atoms with van der Waals surface area (Å²) in [6, 6.07) is 0. The minimum atomic E-state index is 0.0555. The van der Waals surface area contributed by atoms with E-state index < -0.39 is 0 Å². The van der Waals surface area contributed by atoms with Gasteiger partial charge < -0.3 is 24.1 Å². The zero-order valence-corrected chi connectivity index (χ0v) is 12.4. The molecule has 1 N–H and O–H groups in total. The second-order valence-corrected chi connectivity index (χ2v) is 4.53. The zero-order valence-electron chi connectivity index (χ0n) is 12.4. The SMILES string of the molecule is CCCC(C)COCCOCCOCCOCCO. The molecule has 1 unspecified atom stereocenters. The Kier molecular flexibility index (Phi) is 15.7. The molecule has 0 aromatic carbocycles. The normalized spacial score (nSPS) is 12.8. The van der Waals surface area contributed by atoms with Crippen LogP contribution < -0.4 is 0 Å². The van der Waals surface area contributed by atoms with Crippen molar-refractivity contribution >= 4 is 0 Å². The molecule has 0 bridgehead atoms. The largest absolute Gasteiger partial charge is 0.394 e. The van der Waals surface area contributed by atoms with Crippen molar-refractivity contribution in [1.29, 1.82) is 0 Å². The molecular weight excluding hydrogens is 248 g/mol. The summed E-state index contributed by atoms with van der Waals surface area (Å²) in [4.78, 5) is 0. The van der Waals surface area contributed by atoms with E-state index in [4.69, 9.17) is 24.1 Å². The molecule has 0 aliphatic rings. The smallest absolute Gasteiger partial charge is 0.0701 e. The fourth-order valence-corrected chi connectivity index (χ4v) is 1.58. The molecule has 5 heteroatoms. The number of rotatable bonds is 15. The highest BCUT2D eigenvalue weighted by molar-refractivity contribution is 4.49. The number of aliphatic hydroxyl groups is 1. The van der Waals surface area contributed by atoms with Gasteiger partial charge in [-0.05, 0) is 12.3 Å². The van der Waals surface area contributed by atoms with Crippen molar-refractivity contribution in [3.8, 4) is 0 Å². The Morgan fingerprint density at radius 2 is 1.26 bits per heavy atom. The van der Waals surface area contributed by atoms with Gasteiger partial charge >= 0.3 is 0 Å². The Balaban J connectivity index is 2.99. The summed E-state index contributed by atoms with van der Waals surface area (Å²) in [6.07, 6.45) is 2.42. The van der Waals surface area contributed by atoms with Gasteiger partial charge in [0.1, 0.15) is 0 Å². The van der Waals surface area contributed by atoms with Crippen molar-refractivity contribution in [2.75, 3.05) is 59.5 Å². The van der Waals surface area contributed by atoms with Crippen LogP contribution >= 0.6 is 0 Å². The Hall–Kier alpha value is -0.200. The van der Waals surface area contributed by atoms with E-state index in [1.807, 2.05) is 0 Å². The summed E-state index contributed by atoms with van der Waals surface area (Å²) < 4.78 is 21.2. The van der Waals surface area contributed by atoms with Gasteiger partial charge in [0.15, 0.2) is 0 Å². The van der Waals surface area contributed by atoms with Gasteiger partial charge in [-0.15, -0.1) is 0 Å². The average molecular weight is 278 g/mol. The third kappa shape index (κ3) is 15.7. The van der Waals surface area contributed by atoms with Crippen LogP contribution in [0.15, 0.2) is 0 Å². The summed E-state index contributed by atoms with van der Waals surface area (Å²) in [5, 5.41) is 8.48. The highest BCUT2D eigenvalue weighted by atomic mass is 16.6. The highest BCUT2D eigenvalue weighted by Gasteiger charge is 1.99. The topological polar surface area (TPSA) is 57.2 Å². The molecule has 0 rings (SSSR count). The van der Waals surface area contributed by atoms with Crippen molar-refractivity contribution in [3.05, 3.63) is 0 Å². The molecular formula is C14H30O5. The van der Waals surface area contributed by atoms with Crippen LogP contribution in [-0.4, -0.2) is 64.6 Å². The second kappa shape index (κ2) is 15.9. The maximum absolute atomic E-state index is 8.48. The van der Waals surface area contributed by atoms with Crippen molar-refractivity contribution in [2.24, 2.45) is 5.92 Å². The van der Waals surface area contributed by atoms with Gasteiger partial charge in [-0.2, -0.15) is 0 Å². The number of hydrogen-bond acceptors (Lipinski definition) is 5. The molecule has 0 saturated carbocycles. The molecule has 0 heterocycles. The summed E-state index contributed by atoms with van der Waals surface area (Å²) >= 11 is 0. The van der Waals surface area contributed by atoms with Gasteiger partial charge in [0.05, 0.1) is 52.9 Å². The summed E-state index contributed by atoms with van der Waals surface area (Å²) in [5.74, 6) is 0.632. The third-order valence-corrected chi connectivity index (χ3v) is 2.54.